The average Bonchev–Trinajstić information content (AvgIpc) is 2.98. The summed E-state index contributed by atoms with van der Waals surface area (Å²) in [5.41, 5.74) is -4.03. The highest BCUT2D eigenvalue weighted by molar-refractivity contribution is 7.48. The zero-order chi connectivity index (χ0) is 24.0. The van der Waals surface area contributed by atoms with Gasteiger partial charge in [-0.3, -0.25) is 27.9 Å². The zero-order valence-corrected chi connectivity index (χ0v) is 18.8. The van der Waals surface area contributed by atoms with Crippen molar-refractivity contribution in [3.63, 3.8) is 0 Å². The first-order valence-corrected chi connectivity index (χ1v) is 11.7. The molecule has 4 rings (SSSR count). The molecule has 2 aliphatic heterocycles. The van der Waals surface area contributed by atoms with Crippen LogP contribution in [0.3, 0.4) is 0 Å². The molecule has 2 fully saturated rings. The molecule has 2 aromatic rings. The SMILES string of the molecule is C[C@@]1(F)[C@H](O)[C@@H](CO[P@]2(=O)OCC[C@H](c3cccc(Cl)c3F)O2)O[C@H]1n1ccc(=O)[nH]c1=O. The van der Waals surface area contributed by atoms with Crippen LogP contribution in [0.5, 0.6) is 0 Å². The third-order valence-electron chi connectivity index (χ3n) is 5.43. The fraction of sp³-hybridized carbons (Fsp3) is 0.474. The van der Waals surface area contributed by atoms with Gasteiger partial charge in [0.05, 0.1) is 24.3 Å². The summed E-state index contributed by atoms with van der Waals surface area (Å²) in [6, 6.07) is 5.28. The van der Waals surface area contributed by atoms with Crippen LogP contribution in [0, 0.1) is 5.82 Å². The van der Waals surface area contributed by atoms with Crippen molar-refractivity contribution >= 4 is 19.4 Å². The number of rotatable bonds is 5. The van der Waals surface area contributed by atoms with E-state index in [0.717, 1.165) is 23.8 Å². The summed E-state index contributed by atoms with van der Waals surface area (Å²) in [4.78, 5) is 25.3. The number of aromatic amines is 1. The van der Waals surface area contributed by atoms with Gasteiger partial charge >= 0.3 is 13.5 Å². The Morgan fingerprint density at radius 2 is 2.15 bits per heavy atom. The first-order chi connectivity index (χ1) is 15.5. The van der Waals surface area contributed by atoms with Crippen LogP contribution in [0.15, 0.2) is 40.1 Å². The zero-order valence-electron chi connectivity index (χ0n) is 17.2. The number of aliphatic hydroxyl groups is 1. The molecule has 3 heterocycles. The summed E-state index contributed by atoms with van der Waals surface area (Å²) < 4.78 is 64.5. The maximum absolute atomic E-state index is 15.2. The largest absolute Gasteiger partial charge is 0.475 e. The van der Waals surface area contributed by atoms with E-state index in [4.69, 9.17) is 29.9 Å². The van der Waals surface area contributed by atoms with Gasteiger partial charge in [0, 0.05) is 24.2 Å². The molecule has 1 aromatic heterocycles. The molecule has 6 atom stereocenters. The maximum atomic E-state index is 15.2. The van der Waals surface area contributed by atoms with Crippen molar-refractivity contribution in [2.75, 3.05) is 13.2 Å². The molecule has 0 bridgehead atoms. The highest BCUT2D eigenvalue weighted by atomic mass is 35.5. The fourth-order valence-corrected chi connectivity index (χ4v) is 5.25. The number of aliphatic hydroxyl groups excluding tert-OH is 1. The second-order valence-electron chi connectivity index (χ2n) is 7.74. The molecular weight excluding hydrogens is 489 g/mol. The third kappa shape index (κ3) is 4.69. The van der Waals surface area contributed by atoms with Crippen molar-refractivity contribution in [1.29, 1.82) is 0 Å². The molecule has 180 valence electrons. The van der Waals surface area contributed by atoms with Crippen molar-refractivity contribution in [3.8, 4) is 0 Å². The number of alkyl halides is 1. The second-order valence-corrected chi connectivity index (χ2v) is 9.77. The number of hydrogen-bond acceptors (Lipinski definition) is 8. The number of hydrogen-bond donors (Lipinski definition) is 2. The Morgan fingerprint density at radius 1 is 1.39 bits per heavy atom. The summed E-state index contributed by atoms with van der Waals surface area (Å²) in [7, 11) is -4.24. The minimum atomic E-state index is -4.24. The van der Waals surface area contributed by atoms with E-state index < -0.39 is 61.7 Å². The predicted octanol–water partition coefficient (Wildman–Crippen LogP) is 2.62. The quantitative estimate of drug-likeness (QED) is 0.590. The Morgan fingerprint density at radius 3 is 2.88 bits per heavy atom. The van der Waals surface area contributed by atoms with Crippen molar-refractivity contribution < 1.29 is 36.8 Å². The number of aromatic nitrogens is 2. The second kappa shape index (κ2) is 9.03. The van der Waals surface area contributed by atoms with Gasteiger partial charge in [0.15, 0.2) is 11.9 Å². The van der Waals surface area contributed by atoms with Crippen LogP contribution >= 0.6 is 19.4 Å². The van der Waals surface area contributed by atoms with E-state index in [1.165, 1.54) is 18.2 Å². The van der Waals surface area contributed by atoms with Gasteiger partial charge in [-0.15, -0.1) is 0 Å². The molecule has 1 aromatic carbocycles. The van der Waals surface area contributed by atoms with Crippen molar-refractivity contribution in [3.05, 3.63) is 67.7 Å². The first kappa shape index (κ1) is 24.2. The third-order valence-corrected chi connectivity index (χ3v) is 7.20. The smallest absolute Gasteiger partial charge is 0.387 e. The van der Waals surface area contributed by atoms with Crippen LogP contribution in [0.1, 0.15) is 31.2 Å². The van der Waals surface area contributed by atoms with Crippen molar-refractivity contribution in [2.24, 2.45) is 0 Å². The van der Waals surface area contributed by atoms with E-state index in [1.54, 1.807) is 0 Å². The lowest BCUT2D eigenvalue weighted by Gasteiger charge is -2.30. The molecule has 0 amide bonds. The van der Waals surface area contributed by atoms with Gasteiger partial charge < -0.3 is 9.84 Å². The monoisotopic (exact) mass is 508 g/mol. The molecular formula is C19H20ClF2N2O8P. The van der Waals surface area contributed by atoms with Gasteiger partial charge in [0.1, 0.15) is 18.0 Å². The van der Waals surface area contributed by atoms with Crippen molar-refractivity contribution in [1.82, 2.24) is 9.55 Å². The number of nitrogens with zero attached hydrogens (tertiary/aromatic N) is 1. The van der Waals surface area contributed by atoms with Gasteiger partial charge in [0.2, 0.25) is 0 Å². The van der Waals surface area contributed by atoms with Gasteiger partial charge in [-0.25, -0.2) is 18.1 Å². The molecule has 0 spiro atoms. The van der Waals surface area contributed by atoms with Crippen LogP contribution < -0.4 is 11.2 Å². The number of benzene rings is 1. The molecule has 14 heteroatoms. The van der Waals surface area contributed by atoms with Crippen molar-refractivity contribution in [2.45, 2.75) is 43.6 Å². The molecule has 10 nitrogen and oxygen atoms in total. The summed E-state index contributed by atoms with van der Waals surface area (Å²) in [5.74, 6) is -0.727. The van der Waals surface area contributed by atoms with E-state index >= 15 is 4.39 Å². The topological polar surface area (TPSA) is 129 Å². The molecule has 0 aliphatic carbocycles. The van der Waals surface area contributed by atoms with E-state index in [-0.39, 0.29) is 23.6 Å². The van der Waals surface area contributed by atoms with Gasteiger partial charge in [-0.05, 0) is 13.0 Å². The number of H-pyrrole nitrogens is 1. The Hall–Kier alpha value is -1.92. The molecule has 0 unspecified atom stereocenters. The number of phosphoric acid groups is 1. The average molecular weight is 509 g/mol. The number of phosphoric ester groups is 1. The van der Waals surface area contributed by atoms with E-state index in [0.29, 0.717) is 0 Å². The lowest BCUT2D eigenvalue weighted by Crippen LogP contribution is -2.43. The highest BCUT2D eigenvalue weighted by Gasteiger charge is 2.56. The van der Waals surface area contributed by atoms with E-state index in [2.05, 4.69) is 0 Å². The normalized spacial score (nSPS) is 34.5. The van der Waals surface area contributed by atoms with E-state index in [9.17, 15) is 23.7 Å². The standard InChI is InChI=1S/C19H20ClF2N2O8P/c1-19(22)16(26)13(31-17(19)24-7-5-14(25)23-18(24)27)9-30-33(28)29-8-6-12(32-33)10-3-2-4-11(20)15(10)21/h2-5,7,12-13,16-17,26H,6,8-9H2,1H3,(H,23,25,27)/t12-,13-,16-,17-,19-,33+/m1/s1. The summed E-state index contributed by atoms with van der Waals surface area (Å²) >= 11 is 5.79. The van der Waals surface area contributed by atoms with Gasteiger partial charge in [-0.1, -0.05) is 23.7 Å². The Kier molecular flexibility index (Phi) is 6.62. The highest BCUT2D eigenvalue weighted by Crippen LogP contribution is 2.57. The summed E-state index contributed by atoms with van der Waals surface area (Å²) in [6.45, 7) is 0.295. The lowest BCUT2D eigenvalue weighted by atomic mass is 9.98. The number of nitrogens with one attached hydrogen (secondary N) is 1. The van der Waals surface area contributed by atoms with Gasteiger partial charge in [-0.2, -0.15) is 0 Å². The fourth-order valence-electron chi connectivity index (χ4n) is 3.69. The first-order valence-electron chi connectivity index (χ1n) is 9.87. The number of halogens is 3. The molecule has 2 aliphatic rings. The summed E-state index contributed by atoms with van der Waals surface area (Å²) in [5, 5.41) is 10.3. The number of ether oxygens (including phenoxy) is 1. The molecule has 2 N–H and O–H groups in total. The molecule has 0 saturated carbocycles. The molecule has 0 radical (unpaired) electrons. The lowest BCUT2D eigenvalue weighted by molar-refractivity contribution is -0.0655. The van der Waals surface area contributed by atoms with Crippen LogP contribution in [-0.2, 0) is 22.9 Å². The molecule has 2 saturated heterocycles. The van der Waals surface area contributed by atoms with E-state index in [1.807, 2.05) is 4.98 Å². The minimum absolute atomic E-state index is 0.0700. The van der Waals surface area contributed by atoms with Gasteiger partial charge in [0.25, 0.3) is 5.56 Å². The predicted molar refractivity (Wildman–Crippen MR) is 110 cm³/mol. The molecule has 33 heavy (non-hydrogen) atoms. The Bertz CT molecular complexity index is 1200. The van der Waals surface area contributed by atoms with Crippen LogP contribution in [0.2, 0.25) is 5.02 Å². The summed E-state index contributed by atoms with van der Waals surface area (Å²) in [6.07, 6.45) is -4.54. The Balaban J connectivity index is 1.48. The van der Waals surface area contributed by atoms with Crippen LogP contribution in [0.25, 0.3) is 0 Å². The maximum Gasteiger partial charge on any atom is 0.475 e. The van der Waals surface area contributed by atoms with Crippen LogP contribution in [-0.4, -0.2) is 45.7 Å². The Labute approximate surface area is 190 Å². The van der Waals surface area contributed by atoms with Crippen LogP contribution in [0.4, 0.5) is 8.78 Å². The minimum Gasteiger partial charge on any atom is -0.387 e.